The Morgan fingerprint density at radius 3 is 2.56 bits per heavy atom. The summed E-state index contributed by atoms with van der Waals surface area (Å²) in [6.07, 6.45) is 5.72. The first-order valence-corrected chi connectivity index (χ1v) is 6.98. The standard InChI is InChI=1S/C15H25N3/c1-4-15(3)5-7-18(8-6-15)14-12(2)9-13(10-16)11-17-14/h9,11H,4-8,10,16H2,1-3H3. The van der Waals surface area contributed by atoms with Gasteiger partial charge in [-0.3, -0.25) is 0 Å². The second-order valence-corrected chi connectivity index (χ2v) is 5.84. The van der Waals surface area contributed by atoms with Crippen LogP contribution in [0.5, 0.6) is 0 Å². The van der Waals surface area contributed by atoms with Crippen LogP contribution in [0.2, 0.25) is 0 Å². The molecule has 0 spiro atoms. The fourth-order valence-corrected chi connectivity index (χ4v) is 2.68. The molecule has 1 aliphatic rings. The van der Waals surface area contributed by atoms with E-state index in [1.807, 2.05) is 6.20 Å². The number of nitrogens with zero attached hydrogens (tertiary/aromatic N) is 2. The van der Waals surface area contributed by atoms with Crippen molar-refractivity contribution in [2.45, 2.75) is 46.6 Å². The van der Waals surface area contributed by atoms with Gasteiger partial charge in [-0.15, -0.1) is 0 Å². The van der Waals surface area contributed by atoms with E-state index in [-0.39, 0.29) is 0 Å². The molecule has 0 saturated carbocycles. The molecule has 2 heterocycles. The topological polar surface area (TPSA) is 42.2 Å². The van der Waals surface area contributed by atoms with E-state index in [0.29, 0.717) is 12.0 Å². The fourth-order valence-electron chi connectivity index (χ4n) is 2.68. The minimum Gasteiger partial charge on any atom is -0.356 e. The Bertz CT molecular complexity index is 406. The van der Waals surface area contributed by atoms with Gasteiger partial charge in [0.1, 0.15) is 5.82 Å². The van der Waals surface area contributed by atoms with Crippen molar-refractivity contribution < 1.29 is 0 Å². The van der Waals surface area contributed by atoms with Crippen molar-refractivity contribution in [1.82, 2.24) is 4.98 Å². The molecule has 1 aromatic heterocycles. The molecular weight excluding hydrogens is 222 g/mol. The van der Waals surface area contributed by atoms with Gasteiger partial charge in [-0.1, -0.05) is 20.3 Å². The highest BCUT2D eigenvalue weighted by atomic mass is 15.2. The molecular formula is C15H25N3. The lowest BCUT2D eigenvalue weighted by Crippen LogP contribution is -2.39. The molecule has 3 nitrogen and oxygen atoms in total. The Hall–Kier alpha value is -1.09. The van der Waals surface area contributed by atoms with Gasteiger partial charge < -0.3 is 10.6 Å². The molecule has 0 unspecified atom stereocenters. The van der Waals surface area contributed by atoms with E-state index in [1.165, 1.54) is 24.8 Å². The quantitative estimate of drug-likeness (QED) is 0.893. The zero-order valence-corrected chi connectivity index (χ0v) is 11.9. The molecule has 18 heavy (non-hydrogen) atoms. The van der Waals surface area contributed by atoms with Gasteiger partial charge in [-0.2, -0.15) is 0 Å². The lowest BCUT2D eigenvalue weighted by molar-refractivity contribution is 0.237. The summed E-state index contributed by atoms with van der Waals surface area (Å²) < 4.78 is 0. The Morgan fingerprint density at radius 2 is 2.06 bits per heavy atom. The maximum absolute atomic E-state index is 5.65. The summed E-state index contributed by atoms with van der Waals surface area (Å²) in [7, 11) is 0. The summed E-state index contributed by atoms with van der Waals surface area (Å²) >= 11 is 0. The minimum absolute atomic E-state index is 0.529. The molecule has 1 fully saturated rings. The van der Waals surface area contributed by atoms with Crippen LogP contribution in [0, 0.1) is 12.3 Å². The van der Waals surface area contributed by atoms with E-state index in [1.54, 1.807) is 0 Å². The maximum Gasteiger partial charge on any atom is 0.131 e. The van der Waals surface area contributed by atoms with Crippen LogP contribution in [-0.4, -0.2) is 18.1 Å². The lowest BCUT2D eigenvalue weighted by Gasteiger charge is -2.40. The smallest absolute Gasteiger partial charge is 0.131 e. The van der Waals surface area contributed by atoms with Gasteiger partial charge in [0, 0.05) is 25.8 Å². The molecule has 1 saturated heterocycles. The van der Waals surface area contributed by atoms with E-state index in [9.17, 15) is 0 Å². The van der Waals surface area contributed by atoms with Crippen molar-refractivity contribution in [2.24, 2.45) is 11.1 Å². The average molecular weight is 247 g/mol. The van der Waals surface area contributed by atoms with Crippen molar-refractivity contribution in [3.05, 3.63) is 23.4 Å². The van der Waals surface area contributed by atoms with Gasteiger partial charge >= 0.3 is 0 Å². The number of hydrogen-bond acceptors (Lipinski definition) is 3. The number of piperidine rings is 1. The summed E-state index contributed by atoms with van der Waals surface area (Å²) in [6.45, 7) is 9.66. The summed E-state index contributed by atoms with van der Waals surface area (Å²) in [4.78, 5) is 7.02. The number of rotatable bonds is 3. The number of aryl methyl sites for hydroxylation is 1. The van der Waals surface area contributed by atoms with Gasteiger partial charge in [0.15, 0.2) is 0 Å². The Morgan fingerprint density at radius 1 is 1.39 bits per heavy atom. The second kappa shape index (κ2) is 5.27. The highest BCUT2D eigenvalue weighted by Crippen LogP contribution is 2.35. The monoisotopic (exact) mass is 247 g/mol. The van der Waals surface area contributed by atoms with Crippen molar-refractivity contribution >= 4 is 5.82 Å². The molecule has 0 amide bonds. The number of aromatic nitrogens is 1. The Labute approximate surface area is 110 Å². The number of pyridine rings is 1. The molecule has 0 radical (unpaired) electrons. The second-order valence-electron chi connectivity index (χ2n) is 5.84. The SMILES string of the molecule is CCC1(C)CCN(c2ncc(CN)cc2C)CC1. The third kappa shape index (κ3) is 2.66. The molecule has 0 bridgehead atoms. The summed E-state index contributed by atoms with van der Waals surface area (Å²) in [5, 5.41) is 0. The molecule has 2 N–H and O–H groups in total. The van der Waals surface area contributed by atoms with Crippen LogP contribution in [0.25, 0.3) is 0 Å². The first kappa shape index (κ1) is 13.3. The third-order valence-electron chi connectivity index (χ3n) is 4.47. The number of hydrogen-bond donors (Lipinski definition) is 1. The van der Waals surface area contributed by atoms with E-state index in [4.69, 9.17) is 5.73 Å². The molecule has 2 rings (SSSR count). The van der Waals surface area contributed by atoms with E-state index < -0.39 is 0 Å². The predicted octanol–water partition coefficient (Wildman–Crippen LogP) is 2.87. The zero-order valence-electron chi connectivity index (χ0n) is 11.9. The molecule has 0 atom stereocenters. The van der Waals surface area contributed by atoms with Gasteiger partial charge in [0.05, 0.1) is 0 Å². The van der Waals surface area contributed by atoms with Crippen LogP contribution in [0.1, 0.15) is 44.2 Å². The molecule has 100 valence electrons. The van der Waals surface area contributed by atoms with E-state index >= 15 is 0 Å². The fraction of sp³-hybridized carbons (Fsp3) is 0.667. The average Bonchev–Trinajstić information content (AvgIpc) is 2.40. The molecule has 0 aromatic carbocycles. The third-order valence-corrected chi connectivity index (χ3v) is 4.47. The highest BCUT2D eigenvalue weighted by Gasteiger charge is 2.29. The summed E-state index contributed by atoms with van der Waals surface area (Å²) in [6, 6.07) is 2.16. The lowest BCUT2D eigenvalue weighted by atomic mass is 9.78. The first-order chi connectivity index (χ1) is 8.58. The number of nitrogens with two attached hydrogens (primary N) is 1. The van der Waals surface area contributed by atoms with E-state index in [2.05, 4.69) is 36.7 Å². The normalized spacial score (nSPS) is 19.0. The Kier molecular flexibility index (Phi) is 3.91. The first-order valence-electron chi connectivity index (χ1n) is 6.98. The van der Waals surface area contributed by atoms with Gasteiger partial charge in [-0.05, 0) is 42.4 Å². The zero-order chi connectivity index (χ0) is 13.2. The van der Waals surface area contributed by atoms with Crippen LogP contribution in [-0.2, 0) is 6.54 Å². The highest BCUT2D eigenvalue weighted by molar-refractivity contribution is 5.47. The molecule has 3 heteroatoms. The van der Waals surface area contributed by atoms with Crippen LogP contribution >= 0.6 is 0 Å². The molecule has 0 aliphatic carbocycles. The van der Waals surface area contributed by atoms with Crippen LogP contribution < -0.4 is 10.6 Å². The molecule has 1 aromatic rings. The van der Waals surface area contributed by atoms with Crippen LogP contribution in [0.15, 0.2) is 12.3 Å². The number of anilines is 1. The van der Waals surface area contributed by atoms with Gasteiger partial charge in [0.25, 0.3) is 0 Å². The van der Waals surface area contributed by atoms with Gasteiger partial charge in [0.2, 0.25) is 0 Å². The van der Waals surface area contributed by atoms with Crippen molar-refractivity contribution in [3.63, 3.8) is 0 Å². The summed E-state index contributed by atoms with van der Waals surface area (Å²) in [5.41, 5.74) is 8.54. The van der Waals surface area contributed by atoms with E-state index in [0.717, 1.165) is 24.5 Å². The molecule has 1 aliphatic heterocycles. The largest absolute Gasteiger partial charge is 0.356 e. The van der Waals surface area contributed by atoms with Gasteiger partial charge in [-0.25, -0.2) is 4.98 Å². The predicted molar refractivity (Wildman–Crippen MR) is 76.7 cm³/mol. The van der Waals surface area contributed by atoms with Crippen LogP contribution in [0.4, 0.5) is 5.82 Å². The summed E-state index contributed by atoms with van der Waals surface area (Å²) in [5.74, 6) is 1.14. The van der Waals surface area contributed by atoms with Crippen LogP contribution in [0.3, 0.4) is 0 Å². The Balaban J connectivity index is 2.10. The van der Waals surface area contributed by atoms with Crippen molar-refractivity contribution in [1.29, 1.82) is 0 Å². The van der Waals surface area contributed by atoms with Crippen molar-refractivity contribution in [2.75, 3.05) is 18.0 Å². The maximum atomic E-state index is 5.65. The van der Waals surface area contributed by atoms with Crippen molar-refractivity contribution in [3.8, 4) is 0 Å². The minimum atomic E-state index is 0.529.